The summed E-state index contributed by atoms with van der Waals surface area (Å²) < 4.78 is 6.33. The fourth-order valence-electron chi connectivity index (χ4n) is 2.74. The number of anilines is 1. The van der Waals surface area contributed by atoms with Crippen molar-refractivity contribution in [1.82, 2.24) is 9.78 Å². The number of hydrogen-bond donors (Lipinski definition) is 1. The van der Waals surface area contributed by atoms with Crippen LogP contribution < -0.4 is 10.9 Å². The lowest BCUT2D eigenvalue weighted by Crippen LogP contribution is -2.27. The maximum atomic E-state index is 12.6. The van der Waals surface area contributed by atoms with Crippen molar-refractivity contribution in [2.45, 2.75) is 19.9 Å². The largest absolute Gasteiger partial charge is 0.451 e. The summed E-state index contributed by atoms with van der Waals surface area (Å²) in [5.41, 5.74) is -0.0840. The zero-order valence-corrected chi connectivity index (χ0v) is 17.0. The minimum atomic E-state index is -0.813. The number of carbonyl (C=O) groups excluding carboxylic acids is 2. The molecule has 3 rings (SSSR count). The molecule has 0 aliphatic rings. The second-order valence-corrected chi connectivity index (χ2v) is 6.96. The summed E-state index contributed by atoms with van der Waals surface area (Å²) in [7, 11) is 0. The summed E-state index contributed by atoms with van der Waals surface area (Å²) in [4.78, 5) is 37.2. The summed E-state index contributed by atoms with van der Waals surface area (Å²) in [6.45, 7) is 1.68. The maximum absolute atomic E-state index is 12.6. The number of carbonyl (C=O) groups is 2. The molecule has 0 unspecified atom stereocenters. The molecule has 7 nitrogen and oxygen atoms in total. The van der Waals surface area contributed by atoms with Crippen LogP contribution in [0.15, 0.2) is 47.3 Å². The fraction of sp³-hybridized carbons (Fsp3) is 0.200. The monoisotopic (exact) mass is 433 g/mol. The standard InChI is InChI=1S/C20H17Cl2N3O4/c1-2-10-25-19(27)13-7-4-3-6-12(13)17(24-25)20(28)29-11-16(26)23-18-14(21)8-5-9-15(18)22/h3-9H,2,10-11H2,1H3,(H,23,26). The van der Waals surface area contributed by atoms with Crippen molar-refractivity contribution in [3.63, 3.8) is 0 Å². The second kappa shape index (κ2) is 9.07. The molecule has 0 aliphatic carbocycles. The molecule has 0 fully saturated rings. The third kappa shape index (κ3) is 4.58. The topological polar surface area (TPSA) is 90.3 Å². The fourth-order valence-corrected chi connectivity index (χ4v) is 3.23. The summed E-state index contributed by atoms with van der Waals surface area (Å²) in [5, 5.41) is 7.89. The van der Waals surface area contributed by atoms with Gasteiger partial charge in [0.05, 0.1) is 21.1 Å². The van der Waals surface area contributed by atoms with Crippen LogP contribution in [0.5, 0.6) is 0 Å². The molecule has 1 heterocycles. The van der Waals surface area contributed by atoms with Crippen LogP contribution in [-0.2, 0) is 16.1 Å². The highest BCUT2D eigenvalue weighted by Crippen LogP contribution is 2.29. The van der Waals surface area contributed by atoms with Crippen molar-refractivity contribution in [2.24, 2.45) is 0 Å². The Morgan fingerprint density at radius 2 is 1.72 bits per heavy atom. The summed E-state index contributed by atoms with van der Waals surface area (Å²) >= 11 is 12.0. The zero-order chi connectivity index (χ0) is 21.0. The van der Waals surface area contributed by atoms with Gasteiger partial charge in [-0.2, -0.15) is 5.10 Å². The lowest BCUT2D eigenvalue weighted by Gasteiger charge is -2.11. The van der Waals surface area contributed by atoms with Crippen molar-refractivity contribution >= 4 is 51.5 Å². The van der Waals surface area contributed by atoms with Gasteiger partial charge in [0.25, 0.3) is 11.5 Å². The molecular formula is C20H17Cl2N3O4. The number of para-hydroxylation sites is 1. The van der Waals surface area contributed by atoms with Gasteiger partial charge in [0.2, 0.25) is 0 Å². The molecular weight excluding hydrogens is 417 g/mol. The summed E-state index contributed by atoms with van der Waals surface area (Å²) in [6.07, 6.45) is 0.667. The summed E-state index contributed by atoms with van der Waals surface area (Å²) in [5.74, 6) is -1.43. The predicted octanol–water partition coefficient (Wildman–Crippen LogP) is 3.91. The van der Waals surface area contributed by atoms with Crippen LogP contribution in [0, 0.1) is 0 Å². The Bertz CT molecular complexity index is 1120. The minimum absolute atomic E-state index is 0.0303. The number of aromatic nitrogens is 2. The molecule has 1 aromatic heterocycles. The van der Waals surface area contributed by atoms with E-state index in [1.165, 1.54) is 4.68 Å². The van der Waals surface area contributed by atoms with E-state index >= 15 is 0 Å². The van der Waals surface area contributed by atoms with E-state index in [0.29, 0.717) is 23.7 Å². The molecule has 0 saturated carbocycles. The number of nitrogens with zero attached hydrogens (tertiary/aromatic N) is 2. The molecule has 2 aromatic carbocycles. The molecule has 29 heavy (non-hydrogen) atoms. The van der Waals surface area contributed by atoms with Crippen LogP contribution >= 0.6 is 23.2 Å². The zero-order valence-electron chi connectivity index (χ0n) is 15.4. The number of fused-ring (bicyclic) bond motifs is 1. The van der Waals surface area contributed by atoms with Gasteiger partial charge in [0, 0.05) is 11.9 Å². The normalized spacial score (nSPS) is 10.7. The van der Waals surface area contributed by atoms with Gasteiger partial charge in [0.1, 0.15) is 0 Å². The smallest absolute Gasteiger partial charge is 0.359 e. The SMILES string of the molecule is CCCn1nc(C(=O)OCC(=O)Nc2c(Cl)cccc2Cl)c2ccccc2c1=O. The van der Waals surface area contributed by atoms with E-state index in [1.54, 1.807) is 42.5 Å². The Labute approximate surface area is 176 Å². The Balaban J connectivity index is 1.80. The van der Waals surface area contributed by atoms with Crippen LogP contribution in [0.1, 0.15) is 23.8 Å². The van der Waals surface area contributed by atoms with Crippen LogP contribution in [0.25, 0.3) is 10.8 Å². The number of esters is 1. The van der Waals surface area contributed by atoms with Crippen molar-refractivity contribution in [1.29, 1.82) is 0 Å². The second-order valence-electron chi connectivity index (χ2n) is 6.14. The Morgan fingerprint density at radius 3 is 2.38 bits per heavy atom. The van der Waals surface area contributed by atoms with Crippen molar-refractivity contribution in [2.75, 3.05) is 11.9 Å². The number of halogens is 2. The Kier molecular flexibility index (Phi) is 6.51. The van der Waals surface area contributed by atoms with Crippen LogP contribution in [0.3, 0.4) is 0 Å². The van der Waals surface area contributed by atoms with Gasteiger partial charge in [-0.25, -0.2) is 9.48 Å². The average molecular weight is 434 g/mol. The lowest BCUT2D eigenvalue weighted by molar-refractivity contribution is -0.119. The van der Waals surface area contributed by atoms with E-state index in [-0.39, 0.29) is 27.0 Å². The first-order chi connectivity index (χ1) is 13.9. The molecule has 150 valence electrons. The molecule has 0 saturated heterocycles. The quantitative estimate of drug-likeness (QED) is 0.595. The van der Waals surface area contributed by atoms with Gasteiger partial charge >= 0.3 is 5.97 Å². The van der Waals surface area contributed by atoms with Crippen molar-refractivity contribution in [3.8, 4) is 0 Å². The molecule has 9 heteroatoms. The number of hydrogen-bond acceptors (Lipinski definition) is 5. The van der Waals surface area contributed by atoms with Crippen LogP contribution in [0.4, 0.5) is 5.69 Å². The third-order valence-corrected chi connectivity index (χ3v) is 4.69. The van der Waals surface area contributed by atoms with E-state index in [4.69, 9.17) is 27.9 Å². The van der Waals surface area contributed by atoms with Gasteiger partial charge in [-0.3, -0.25) is 9.59 Å². The average Bonchev–Trinajstić information content (AvgIpc) is 2.71. The van der Waals surface area contributed by atoms with E-state index in [1.807, 2.05) is 6.92 Å². The van der Waals surface area contributed by atoms with E-state index < -0.39 is 18.5 Å². The molecule has 0 bridgehead atoms. The van der Waals surface area contributed by atoms with E-state index in [0.717, 1.165) is 0 Å². The van der Waals surface area contributed by atoms with Gasteiger partial charge in [-0.15, -0.1) is 0 Å². The Hall–Kier alpha value is -2.90. The minimum Gasteiger partial charge on any atom is -0.451 e. The molecule has 1 N–H and O–H groups in total. The molecule has 0 atom stereocenters. The maximum Gasteiger partial charge on any atom is 0.359 e. The number of amides is 1. The molecule has 0 aliphatic heterocycles. The highest BCUT2D eigenvalue weighted by molar-refractivity contribution is 6.39. The number of benzene rings is 2. The molecule has 3 aromatic rings. The highest BCUT2D eigenvalue weighted by atomic mass is 35.5. The lowest BCUT2D eigenvalue weighted by atomic mass is 10.1. The Morgan fingerprint density at radius 1 is 1.07 bits per heavy atom. The van der Waals surface area contributed by atoms with E-state index in [9.17, 15) is 14.4 Å². The third-order valence-electron chi connectivity index (χ3n) is 4.06. The van der Waals surface area contributed by atoms with Crippen LogP contribution in [-0.4, -0.2) is 28.3 Å². The van der Waals surface area contributed by atoms with Crippen molar-refractivity contribution < 1.29 is 14.3 Å². The predicted molar refractivity (Wildman–Crippen MR) is 112 cm³/mol. The van der Waals surface area contributed by atoms with Gasteiger partial charge in [-0.05, 0) is 24.6 Å². The molecule has 1 amide bonds. The molecule has 0 spiro atoms. The van der Waals surface area contributed by atoms with Gasteiger partial charge in [0.15, 0.2) is 12.3 Å². The summed E-state index contributed by atoms with van der Waals surface area (Å²) in [6, 6.07) is 11.4. The van der Waals surface area contributed by atoms with E-state index in [2.05, 4.69) is 10.4 Å². The highest BCUT2D eigenvalue weighted by Gasteiger charge is 2.19. The first-order valence-electron chi connectivity index (χ1n) is 8.83. The number of ether oxygens (including phenoxy) is 1. The van der Waals surface area contributed by atoms with Crippen molar-refractivity contribution in [3.05, 3.63) is 68.6 Å². The number of nitrogens with one attached hydrogen (secondary N) is 1. The number of rotatable bonds is 6. The first-order valence-corrected chi connectivity index (χ1v) is 9.58. The molecule has 0 radical (unpaired) electrons. The number of aryl methyl sites for hydroxylation is 1. The van der Waals surface area contributed by atoms with Gasteiger partial charge in [-0.1, -0.05) is 54.4 Å². The van der Waals surface area contributed by atoms with Gasteiger partial charge < -0.3 is 10.1 Å². The first kappa shape index (κ1) is 20.8. The van der Waals surface area contributed by atoms with Crippen LogP contribution in [0.2, 0.25) is 10.0 Å².